The average molecular weight is 364 g/mol. The van der Waals surface area contributed by atoms with E-state index in [9.17, 15) is 9.59 Å². The number of nitrogens with zero attached hydrogens (tertiary/aromatic N) is 1. The number of carbonyl (C=O) groups is 2. The first-order valence-electron chi connectivity index (χ1n) is 9.31. The molecule has 6 nitrogen and oxygen atoms in total. The van der Waals surface area contributed by atoms with Crippen molar-refractivity contribution in [3.63, 3.8) is 0 Å². The number of ether oxygens (including phenoxy) is 1. The smallest absolute Gasteiger partial charge is 0.407 e. The van der Waals surface area contributed by atoms with Crippen molar-refractivity contribution in [1.29, 1.82) is 0 Å². The average Bonchev–Trinajstić information content (AvgIpc) is 2.55. The Balaban J connectivity index is 2.36. The monoisotopic (exact) mass is 363 g/mol. The molecule has 2 amide bonds. The molecule has 0 aliphatic carbocycles. The number of rotatable bonds is 9. The lowest BCUT2D eigenvalue weighted by Crippen LogP contribution is -2.33. The van der Waals surface area contributed by atoms with Crippen LogP contribution in [0.3, 0.4) is 0 Å². The first-order valence-corrected chi connectivity index (χ1v) is 9.31. The van der Waals surface area contributed by atoms with E-state index in [2.05, 4.69) is 35.4 Å². The van der Waals surface area contributed by atoms with Crippen LogP contribution in [0.5, 0.6) is 0 Å². The molecule has 26 heavy (non-hydrogen) atoms. The third-order valence-electron chi connectivity index (χ3n) is 3.76. The van der Waals surface area contributed by atoms with Gasteiger partial charge >= 0.3 is 6.09 Å². The fourth-order valence-electron chi connectivity index (χ4n) is 2.43. The van der Waals surface area contributed by atoms with Gasteiger partial charge < -0.3 is 15.4 Å². The number of anilines is 1. The van der Waals surface area contributed by atoms with Crippen LogP contribution in [0.15, 0.2) is 24.3 Å². The minimum Gasteiger partial charge on any atom is -0.444 e. The summed E-state index contributed by atoms with van der Waals surface area (Å²) in [4.78, 5) is 25.9. The van der Waals surface area contributed by atoms with Crippen LogP contribution in [0.1, 0.15) is 53.0 Å². The van der Waals surface area contributed by atoms with Crippen LogP contribution in [0.25, 0.3) is 0 Å². The maximum absolute atomic E-state index is 12.1. The first-order chi connectivity index (χ1) is 12.2. The summed E-state index contributed by atoms with van der Waals surface area (Å²) in [7, 11) is 0. The highest BCUT2D eigenvalue weighted by Crippen LogP contribution is 2.13. The molecule has 0 unspecified atom stereocenters. The second-order valence-corrected chi connectivity index (χ2v) is 7.24. The highest BCUT2D eigenvalue weighted by atomic mass is 16.6. The van der Waals surface area contributed by atoms with Crippen molar-refractivity contribution in [3.8, 4) is 0 Å². The molecule has 0 aliphatic rings. The minimum atomic E-state index is -0.516. The Bertz CT molecular complexity index is 578. The molecule has 0 saturated heterocycles. The van der Waals surface area contributed by atoms with Crippen LogP contribution in [0.4, 0.5) is 10.5 Å². The molecular formula is C20H33N3O3. The van der Waals surface area contributed by atoms with Gasteiger partial charge in [0.25, 0.3) is 0 Å². The third-order valence-corrected chi connectivity index (χ3v) is 3.76. The van der Waals surface area contributed by atoms with E-state index in [-0.39, 0.29) is 5.91 Å². The molecule has 0 aromatic heterocycles. The van der Waals surface area contributed by atoms with Crippen molar-refractivity contribution in [1.82, 2.24) is 10.2 Å². The Morgan fingerprint density at radius 2 is 1.85 bits per heavy atom. The fraction of sp³-hybridized carbons (Fsp3) is 0.600. The second-order valence-electron chi connectivity index (χ2n) is 7.24. The predicted octanol–water partition coefficient (Wildman–Crippen LogP) is 3.77. The maximum Gasteiger partial charge on any atom is 0.407 e. The van der Waals surface area contributed by atoms with Crippen molar-refractivity contribution in [2.45, 2.75) is 59.6 Å². The quantitative estimate of drug-likeness (QED) is 0.655. The van der Waals surface area contributed by atoms with Gasteiger partial charge in [0, 0.05) is 25.2 Å². The standard InChI is InChI=1S/C20H33N3O3/c1-6-23(7-2)15-16-10-8-11-17(14-16)22-18(24)12-9-13-21-19(25)26-20(3,4)5/h8,10-11,14H,6-7,9,12-13,15H2,1-5H3,(H,21,25)(H,22,24). The van der Waals surface area contributed by atoms with Crippen molar-refractivity contribution < 1.29 is 14.3 Å². The van der Waals surface area contributed by atoms with Crippen molar-refractivity contribution >= 4 is 17.7 Å². The third kappa shape index (κ3) is 9.42. The van der Waals surface area contributed by atoms with E-state index in [1.54, 1.807) is 0 Å². The molecule has 146 valence electrons. The van der Waals surface area contributed by atoms with E-state index in [4.69, 9.17) is 4.74 Å². The van der Waals surface area contributed by atoms with Gasteiger partial charge in [-0.05, 0) is 58.0 Å². The molecule has 0 radical (unpaired) electrons. The Kier molecular flexibility index (Phi) is 9.13. The van der Waals surface area contributed by atoms with Crippen LogP contribution < -0.4 is 10.6 Å². The molecule has 0 heterocycles. The summed E-state index contributed by atoms with van der Waals surface area (Å²) < 4.78 is 5.15. The van der Waals surface area contributed by atoms with Crippen LogP contribution in [0.2, 0.25) is 0 Å². The lowest BCUT2D eigenvalue weighted by molar-refractivity contribution is -0.116. The Morgan fingerprint density at radius 3 is 2.46 bits per heavy atom. The highest BCUT2D eigenvalue weighted by Gasteiger charge is 2.15. The molecule has 0 bridgehead atoms. The number of hydrogen-bond acceptors (Lipinski definition) is 4. The van der Waals surface area contributed by atoms with Gasteiger partial charge in [-0.25, -0.2) is 4.79 Å². The maximum atomic E-state index is 12.1. The van der Waals surface area contributed by atoms with Crippen molar-refractivity contribution in [2.24, 2.45) is 0 Å². The van der Waals surface area contributed by atoms with Crippen molar-refractivity contribution in [2.75, 3.05) is 25.0 Å². The van der Waals surface area contributed by atoms with E-state index in [0.29, 0.717) is 19.4 Å². The zero-order chi connectivity index (χ0) is 19.6. The van der Waals surface area contributed by atoms with Crippen LogP contribution in [-0.4, -0.2) is 42.1 Å². The number of benzene rings is 1. The van der Waals surface area contributed by atoms with Crippen LogP contribution >= 0.6 is 0 Å². The molecular weight excluding hydrogens is 330 g/mol. The minimum absolute atomic E-state index is 0.0593. The lowest BCUT2D eigenvalue weighted by atomic mass is 10.2. The van der Waals surface area contributed by atoms with E-state index < -0.39 is 11.7 Å². The number of carbonyl (C=O) groups excluding carboxylic acids is 2. The van der Waals surface area contributed by atoms with Gasteiger partial charge in [0.1, 0.15) is 5.60 Å². The summed E-state index contributed by atoms with van der Waals surface area (Å²) in [6.45, 7) is 13.0. The Morgan fingerprint density at radius 1 is 1.15 bits per heavy atom. The Labute approximate surface area is 157 Å². The van der Waals surface area contributed by atoms with Gasteiger partial charge in [0.15, 0.2) is 0 Å². The first kappa shape index (κ1) is 22.0. The zero-order valence-electron chi connectivity index (χ0n) is 16.7. The zero-order valence-corrected chi connectivity index (χ0v) is 16.7. The highest BCUT2D eigenvalue weighted by molar-refractivity contribution is 5.90. The van der Waals surface area contributed by atoms with E-state index >= 15 is 0 Å². The number of amides is 2. The Hall–Kier alpha value is -2.08. The van der Waals surface area contributed by atoms with E-state index in [1.165, 1.54) is 5.56 Å². The fourth-order valence-corrected chi connectivity index (χ4v) is 2.43. The number of alkyl carbamates (subject to hydrolysis) is 1. The topological polar surface area (TPSA) is 70.7 Å². The summed E-state index contributed by atoms with van der Waals surface area (Å²) in [5, 5.41) is 5.57. The molecule has 0 spiro atoms. The van der Waals surface area contributed by atoms with Gasteiger partial charge in [0.05, 0.1) is 0 Å². The van der Waals surface area contributed by atoms with Crippen LogP contribution in [-0.2, 0) is 16.1 Å². The number of hydrogen-bond donors (Lipinski definition) is 2. The molecule has 2 N–H and O–H groups in total. The van der Waals surface area contributed by atoms with Gasteiger partial charge in [-0.1, -0.05) is 26.0 Å². The SMILES string of the molecule is CCN(CC)Cc1cccc(NC(=O)CCCNC(=O)OC(C)(C)C)c1. The van der Waals surface area contributed by atoms with E-state index in [0.717, 1.165) is 25.3 Å². The summed E-state index contributed by atoms with van der Waals surface area (Å²) in [5.74, 6) is -0.0593. The molecule has 0 saturated carbocycles. The molecule has 0 aliphatic heterocycles. The summed E-state index contributed by atoms with van der Waals surface area (Å²) in [6, 6.07) is 7.93. The lowest BCUT2D eigenvalue weighted by Gasteiger charge is -2.19. The van der Waals surface area contributed by atoms with Gasteiger partial charge in [-0.3, -0.25) is 9.69 Å². The van der Waals surface area contributed by atoms with Crippen molar-refractivity contribution in [3.05, 3.63) is 29.8 Å². The van der Waals surface area contributed by atoms with Gasteiger partial charge in [-0.2, -0.15) is 0 Å². The second kappa shape index (κ2) is 10.8. The summed E-state index contributed by atoms with van der Waals surface area (Å²) in [5.41, 5.74) is 1.47. The normalized spacial score (nSPS) is 11.3. The van der Waals surface area contributed by atoms with Crippen LogP contribution in [0, 0.1) is 0 Å². The van der Waals surface area contributed by atoms with E-state index in [1.807, 2.05) is 39.0 Å². The summed E-state index contributed by atoms with van der Waals surface area (Å²) in [6.07, 6.45) is 0.447. The van der Waals surface area contributed by atoms with Gasteiger partial charge in [0.2, 0.25) is 5.91 Å². The van der Waals surface area contributed by atoms with Gasteiger partial charge in [-0.15, -0.1) is 0 Å². The molecule has 1 rings (SSSR count). The molecule has 0 fully saturated rings. The molecule has 1 aromatic carbocycles. The molecule has 0 atom stereocenters. The largest absolute Gasteiger partial charge is 0.444 e. The molecule has 6 heteroatoms. The predicted molar refractivity (Wildman–Crippen MR) is 105 cm³/mol. The summed E-state index contributed by atoms with van der Waals surface area (Å²) >= 11 is 0. The number of nitrogens with one attached hydrogen (secondary N) is 2. The molecule has 1 aromatic rings.